The Balaban J connectivity index is 2.15. The summed E-state index contributed by atoms with van der Waals surface area (Å²) in [5.41, 5.74) is 2.63. The van der Waals surface area contributed by atoms with Gasteiger partial charge in [0.1, 0.15) is 0 Å². The van der Waals surface area contributed by atoms with Gasteiger partial charge in [0.25, 0.3) is 0 Å². The van der Waals surface area contributed by atoms with Crippen molar-refractivity contribution >= 4 is 11.4 Å². The maximum atomic E-state index is 3.62. The van der Waals surface area contributed by atoms with Crippen molar-refractivity contribution in [2.45, 2.75) is 25.8 Å². The highest BCUT2D eigenvalue weighted by atomic mass is 15.2. The fraction of sp³-hybridized carbons (Fsp3) is 0.600. The molecule has 18 heavy (non-hydrogen) atoms. The predicted octanol–water partition coefficient (Wildman–Crippen LogP) is 2.33. The smallest absolute Gasteiger partial charge is 0.0387 e. The predicted molar refractivity (Wildman–Crippen MR) is 79.7 cm³/mol. The zero-order chi connectivity index (χ0) is 13.0. The molecule has 1 aliphatic heterocycles. The Morgan fingerprint density at radius 2 is 2.22 bits per heavy atom. The quantitative estimate of drug-likeness (QED) is 0.884. The van der Waals surface area contributed by atoms with Gasteiger partial charge in [-0.1, -0.05) is 13.0 Å². The monoisotopic (exact) mass is 247 g/mol. The Hall–Kier alpha value is -1.22. The largest absolute Gasteiger partial charge is 0.378 e. The molecule has 0 amide bonds. The van der Waals surface area contributed by atoms with E-state index in [0.29, 0.717) is 6.04 Å². The molecule has 1 atom stereocenters. The van der Waals surface area contributed by atoms with Crippen LogP contribution in [-0.4, -0.2) is 39.8 Å². The molecule has 0 aliphatic carbocycles. The van der Waals surface area contributed by atoms with Gasteiger partial charge < -0.3 is 15.1 Å². The van der Waals surface area contributed by atoms with E-state index in [1.54, 1.807) is 0 Å². The van der Waals surface area contributed by atoms with Gasteiger partial charge in [0.2, 0.25) is 0 Å². The first-order chi connectivity index (χ1) is 8.70. The number of anilines is 2. The van der Waals surface area contributed by atoms with Crippen LogP contribution >= 0.6 is 0 Å². The molecule has 1 fully saturated rings. The second-order valence-electron chi connectivity index (χ2n) is 5.27. The van der Waals surface area contributed by atoms with Crippen molar-refractivity contribution in [3.8, 4) is 0 Å². The Labute approximate surface area is 111 Å². The van der Waals surface area contributed by atoms with Gasteiger partial charge in [0, 0.05) is 44.6 Å². The molecule has 0 aromatic heterocycles. The summed E-state index contributed by atoms with van der Waals surface area (Å²) in [6.07, 6.45) is 2.42. The fourth-order valence-electron chi connectivity index (χ4n) is 2.47. The van der Waals surface area contributed by atoms with Gasteiger partial charge in [-0.2, -0.15) is 0 Å². The molecule has 1 aromatic carbocycles. The third-order valence-corrected chi connectivity index (χ3v) is 3.68. The van der Waals surface area contributed by atoms with Crippen LogP contribution in [-0.2, 0) is 0 Å². The lowest BCUT2D eigenvalue weighted by Crippen LogP contribution is -2.37. The van der Waals surface area contributed by atoms with Gasteiger partial charge >= 0.3 is 0 Å². The highest BCUT2D eigenvalue weighted by Gasteiger charge is 2.16. The van der Waals surface area contributed by atoms with E-state index in [-0.39, 0.29) is 0 Å². The Kier molecular flexibility index (Phi) is 4.48. The van der Waals surface area contributed by atoms with Crippen LogP contribution in [0.25, 0.3) is 0 Å². The Morgan fingerprint density at radius 3 is 2.94 bits per heavy atom. The second-order valence-corrected chi connectivity index (χ2v) is 5.27. The maximum Gasteiger partial charge on any atom is 0.0387 e. The van der Waals surface area contributed by atoms with Gasteiger partial charge in [-0.3, -0.25) is 0 Å². The lowest BCUT2D eigenvalue weighted by atomic mass is 10.2. The summed E-state index contributed by atoms with van der Waals surface area (Å²) in [5.74, 6) is 0. The van der Waals surface area contributed by atoms with Crippen molar-refractivity contribution in [2.75, 3.05) is 43.5 Å². The molecular weight excluding hydrogens is 222 g/mol. The van der Waals surface area contributed by atoms with E-state index in [1.807, 2.05) is 0 Å². The molecule has 1 N–H and O–H groups in total. The molecule has 0 spiro atoms. The zero-order valence-corrected chi connectivity index (χ0v) is 11.8. The SMILES string of the molecule is CCC1CN(c2cccc(N(C)C)c2)CCCN1. The first-order valence-corrected chi connectivity index (χ1v) is 6.96. The first kappa shape index (κ1) is 13.2. The molecule has 1 aromatic rings. The van der Waals surface area contributed by atoms with Crippen LogP contribution in [0.5, 0.6) is 0 Å². The van der Waals surface area contributed by atoms with Gasteiger partial charge in [-0.15, -0.1) is 0 Å². The third-order valence-electron chi connectivity index (χ3n) is 3.68. The van der Waals surface area contributed by atoms with Crippen LogP contribution in [0.2, 0.25) is 0 Å². The number of hydrogen-bond acceptors (Lipinski definition) is 3. The molecule has 0 radical (unpaired) electrons. The molecule has 1 aliphatic rings. The molecule has 3 heteroatoms. The summed E-state index contributed by atoms with van der Waals surface area (Å²) in [6, 6.07) is 9.46. The number of benzene rings is 1. The average Bonchev–Trinajstić information content (AvgIpc) is 2.64. The van der Waals surface area contributed by atoms with E-state index in [0.717, 1.165) is 19.6 Å². The lowest BCUT2D eigenvalue weighted by molar-refractivity contribution is 0.528. The minimum absolute atomic E-state index is 0.621. The van der Waals surface area contributed by atoms with E-state index < -0.39 is 0 Å². The van der Waals surface area contributed by atoms with Crippen LogP contribution < -0.4 is 15.1 Å². The van der Waals surface area contributed by atoms with Crippen LogP contribution in [0, 0.1) is 0 Å². The summed E-state index contributed by atoms with van der Waals surface area (Å²) in [6.45, 7) is 5.67. The molecule has 1 unspecified atom stereocenters. The van der Waals surface area contributed by atoms with Gasteiger partial charge in [-0.05, 0) is 37.6 Å². The topological polar surface area (TPSA) is 18.5 Å². The van der Waals surface area contributed by atoms with Gasteiger partial charge in [-0.25, -0.2) is 0 Å². The Morgan fingerprint density at radius 1 is 1.39 bits per heavy atom. The standard InChI is InChI=1S/C15H25N3/c1-4-13-12-18(10-6-9-16-13)15-8-5-7-14(11-15)17(2)3/h5,7-8,11,13,16H,4,6,9-10,12H2,1-3H3. The summed E-state index contributed by atoms with van der Waals surface area (Å²) in [7, 11) is 4.19. The number of hydrogen-bond donors (Lipinski definition) is 1. The van der Waals surface area contributed by atoms with Crippen molar-refractivity contribution in [1.29, 1.82) is 0 Å². The zero-order valence-electron chi connectivity index (χ0n) is 11.8. The normalized spacial score (nSPS) is 20.6. The lowest BCUT2D eigenvalue weighted by Gasteiger charge is -2.27. The van der Waals surface area contributed by atoms with Crippen molar-refractivity contribution in [3.05, 3.63) is 24.3 Å². The molecule has 100 valence electrons. The molecule has 2 rings (SSSR count). The van der Waals surface area contributed by atoms with Crippen molar-refractivity contribution < 1.29 is 0 Å². The fourth-order valence-corrected chi connectivity index (χ4v) is 2.47. The van der Waals surface area contributed by atoms with Crippen LogP contribution in [0.15, 0.2) is 24.3 Å². The number of nitrogens with one attached hydrogen (secondary N) is 1. The molecule has 1 heterocycles. The first-order valence-electron chi connectivity index (χ1n) is 6.96. The van der Waals surface area contributed by atoms with Crippen molar-refractivity contribution in [1.82, 2.24) is 5.32 Å². The molecule has 1 saturated heterocycles. The van der Waals surface area contributed by atoms with E-state index in [2.05, 4.69) is 60.4 Å². The maximum absolute atomic E-state index is 3.62. The molecule has 0 saturated carbocycles. The average molecular weight is 247 g/mol. The third kappa shape index (κ3) is 3.16. The van der Waals surface area contributed by atoms with Crippen LogP contribution in [0.4, 0.5) is 11.4 Å². The van der Waals surface area contributed by atoms with Crippen LogP contribution in [0.1, 0.15) is 19.8 Å². The van der Waals surface area contributed by atoms with Gasteiger partial charge in [0.05, 0.1) is 0 Å². The van der Waals surface area contributed by atoms with Crippen molar-refractivity contribution in [3.63, 3.8) is 0 Å². The van der Waals surface area contributed by atoms with Crippen molar-refractivity contribution in [2.24, 2.45) is 0 Å². The van der Waals surface area contributed by atoms with E-state index in [9.17, 15) is 0 Å². The highest BCUT2D eigenvalue weighted by Crippen LogP contribution is 2.22. The van der Waals surface area contributed by atoms with E-state index in [1.165, 1.54) is 24.2 Å². The number of nitrogens with zero attached hydrogens (tertiary/aromatic N) is 2. The van der Waals surface area contributed by atoms with Crippen LogP contribution in [0.3, 0.4) is 0 Å². The molecular formula is C15H25N3. The summed E-state index contributed by atoms with van der Waals surface area (Å²) in [5, 5.41) is 3.62. The Bertz CT molecular complexity index is 376. The summed E-state index contributed by atoms with van der Waals surface area (Å²) >= 11 is 0. The minimum atomic E-state index is 0.621. The molecule has 3 nitrogen and oxygen atoms in total. The highest BCUT2D eigenvalue weighted by molar-refractivity contribution is 5.59. The summed E-state index contributed by atoms with van der Waals surface area (Å²) < 4.78 is 0. The summed E-state index contributed by atoms with van der Waals surface area (Å²) in [4.78, 5) is 4.68. The minimum Gasteiger partial charge on any atom is -0.378 e. The van der Waals surface area contributed by atoms with E-state index in [4.69, 9.17) is 0 Å². The van der Waals surface area contributed by atoms with E-state index >= 15 is 0 Å². The van der Waals surface area contributed by atoms with Gasteiger partial charge in [0.15, 0.2) is 0 Å². The second kappa shape index (κ2) is 6.10. The number of rotatable bonds is 3. The molecule has 0 bridgehead atoms.